The van der Waals surface area contributed by atoms with Crippen LogP contribution in [0.5, 0.6) is 0 Å². The van der Waals surface area contributed by atoms with Crippen LogP contribution in [0.25, 0.3) is 0 Å². The topological polar surface area (TPSA) is 29.5 Å². The van der Waals surface area contributed by atoms with Gasteiger partial charge in [0.05, 0.1) is 18.3 Å². The Kier molecular flexibility index (Phi) is 3.01. The van der Waals surface area contributed by atoms with E-state index in [-0.39, 0.29) is 11.7 Å². The maximum absolute atomic E-state index is 10.1. The number of hydrogen-bond donors (Lipinski definition) is 1. The molecule has 3 saturated carbocycles. The van der Waals surface area contributed by atoms with Crippen molar-refractivity contribution in [2.45, 2.75) is 83.3 Å². The molecule has 0 amide bonds. The van der Waals surface area contributed by atoms with Crippen molar-refractivity contribution in [2.75, 3.05) is 6.61 Å². The van der Waals surface area contributed by atoms with E-state index in [0.717, 1.165) is 37.2 Å². The van der Waals surface area contributed by atoms with Gasteiger partial charge in [0.15, 0.2) is 0 Å². The summed E-state index contributed by atoms with van der Waals surface area (Å²) < 4.78 is 6.23. The molecule has 4 aliphatic carbocycles. The molecular weight excluding hydrogens is 284 g/mol. The van der Waals surface area contributed by atoms with Gasteiger partial charge >= 0.3 is 0 Å². The number of ether oxygens (including phenoxy) is 1. The molecule has 1 aliphatic heterocycles. The fourth-order valence-electron chi connectivity index (χ4n) is 7.73. The van der Waals surface area contributed by atoms with Crippen LogP contribution < -0.4 is 0 Å². The first-order valence-corrected chi connectivity index (χ1v) is 10.0. The molecule has 7 atom stereocenters. The number of hydrogen-bond acceptors (Lipinski definition) is 2. The van der Waals surface area contributed by atoms with Gasteiger partial charge in [-0.1, -0.05) is 25.5 Å². The lowest BCUT2D eigenvalue weighted by Gasteiger charge is -2.61. The number of aliphatic hydroxyl groups is 1. The second kappa shape index (κ2) is 4.64. The summed E-state index contributed by atoms with van der Waals surface area (Å²) >= 11 is 0. The Morgan fingerprint density at radius 1 is 1.04 bits per heavy atom. The Balaban J connectivity index is 1.49. The molecule has 1 heterocycles. The lowest BCUT2D eigenvalue weighted by atomic mass is 9.46. The number of aliphatic hydroxyl groups excluding tert-OH is 1. The molecule has 4 fully saturated rings. The Labute approximate surface area is 140 Å². The third-order valence-electron chi connectivity index (χ3n) is 9.25. The van der Waals surface area contributed by atoms with Gasteiger partial charge in [0, 0.05) is 6.42 Å². The highest BCUT2D eigenvalue weighted by atomic mass is 16.5. The van der Waals surface area contributed by atoms with Gasteiger partial charge in [0.25, 0.3) is 0 Å². The molecule has 2 heteroatoms. The molecule has 1 saturated heterocycles. The van der Waals surface area contributed by atoms with Crippen LogP contribution in [0, 0.1) is 28.6 Å². The van der Waals surface area contributed by atoms with E-state index in [1.54, 1.807) is 5.57 Å². The van der Waals surface area contributed by atoms with Crippen molar-refractivity contribution in [3.8, 4) is 0 Å². The Morgan fingerprint density at radius 3 is 2.57 bits per heavy atom. The van der Waals surface area contributed by atoms with Crippen molar-refractivity contribution in [1.82, 2.24) is 0 Å². The van der Waals surface area contributed by atoms with Gasteiger partial charge in [0.2, 0.25) is 0 Å². The number of allylic oxidation sites excluding steroid dienone is 1. The number of fused-ring (bicyclic) bond motifs is 6. The van der Waals surface area contributed by atoms with Crippen LogP contribution in [0.2, 0.25) is 0 Å². The summed E-state index contributed by atoms with van der Waals surface area (Å²) in [4.78, 5) is 0. The van der Waals surface area contributed by atoms with Gasteiger partial charge in [-0.2, -0.15) is 0 Å². The molecule has 5 rings (SSSR count). The Hall–Kier alpha value is -0.340. The van der Waals surface area contributed by atoms with Gasteiger partial charge in [-0.25, -0.2) is 0 Å². The minimum atomic E-state index is -0.0853. The first kappa shape index (κ1) is 15.0. The molecule has 0 bridgehead atoms. The molecular formula is C21H32O2. The molecule has 2 nitrogen and oxygen atoms in total. The van der Waals surface area contributed by atoms with Crippen LogP contribution in [0.1, 0.15) is 71.6 Å². The highest BCUT2D eigenvalue weighted by Gasteiger charge is 2.66. The second-order valence-corrected chi connectivity index (χ2v) is 9.74. The molecule has 5 aliphatic rings. The van der Waals surface area contributed by atoms with Crippen LogP contribution in [-0.4, -0.2) is 23.4 Å². The summed E-state index contributed by atoms with van der Waals surface area (Å²) in [6, 6.07) is 0. The van der Waals surface area contributed by atoms with E-state index in [1.807, 2.05) is 0 Å². The lowest BCUT2D eigenvalue weighted by molar-refractivity contribution is -0.225. The quantitative estimate of drug-likeness (QED) is 0.668. The fourth-order valence-corrected chi connectivity index (χ4v) is 7.73. The summed E-state index contributed by atoms with van der Waals surface area (Å²) in [5, 5.41) is 10.1. The monoisotopic (exact) mass is 316 g/mol. The van der Waals surface area contributed by atoms with Crippen molar-refractivity contribution < 1.29 is 9.84 Å². The number of rotatable bonds is 0. The van der Waals surface area contributed by atoms with E-state index < -0.39 is 0 Å². The van der Waals surface area contributed by atoms with Crippen molar-refractivity contribution >= 4 is 0 Å². The molecule has 0 radical (unpaired) electrons. The zero-order chi connectivity index (χ0) is 15.9. The molecule has 1 N–H and O–H groups in total. The van der Waals surface area contributed by atoms with Crippen molar-refractivity contribution in [3.63, 3.8) is 0 Å². The van der Waals surface area contributed by atoms with Crippen LogP contribution >= 0.6 is 0 Å². The molecule has 128 valence electrons. The van der Waals surface area contributed by atoms with Crippen LogP contribution in [0.3, 0.4) is 0 Å². The average Bonchev–Trinajstić information content (AvgIpc) is 2.81. The normalized spacial score (nSPS) is 58.0. The summed E-state index contributed by atoms with van der Waals surface area (Å²) in [6.07, 6.45) is 13.6. The van der Waals surface area contributed by atoms with Gasteiger partial charge in [-0.05, 0) is 80.0 Å². The highest BCUT2D eigenvalue weighted by molar-refractivity contribution is 5.26. The minimum absolute atomic E-state index is 0.0853. The SMILES string of the molecule is C[C@]12CC[C@H](O)CC1=CC[C@H]1[C@H]3CC[C@@]4(CCO4)[C@@]3(C)CC[C@@H]12. The Bertz CT molecular complexity index is 548. The third-order valence-corrected chi connectivity index (χ3v) is 9.25. The maximum Gasteiger partial charge on any atom is 0.0760 e. The van der Waals surface area contributed by atoms with Crippen molar-refractivity contribution in [1.29, 1.82) is 0 Å². The molecule has 0 aromatic rings. The smallest absolute Gasteiger partial charge is 0.0760 e. The maximum atomic E-state index is 10.1. The minimum Gasteiger partial charge on any atom is -0.393 e. The van der Waals surface area contributed by atoms with Gasteiger partial charge < -0.3 is 9.84 Å². The van der Waals surface area contributed by atoms with E-state index in [0.29, 0.717) is 10.8 Å². The molecule has 23 heavy (non-hydrogen) atoms. The summed E-state index contributed by atoms with van der Waals surface area (Å²) in [5.74, 6) is 2.58. The second-order valence-electron chi connectivity index (χ2n) is 9.74. The van der Waals surface area contributed by atoms with E-state index >= 15 is 0 Å². The summed E-state index contributed by atoms with van der Waals surface area (Å²) in [5.41, 5.74) is 2.65. The summed E-state index contributed by atoms with van der Waals surface area (Å²) in [7, 11) is 0. The zero-order valence-corrected chi connectivity index (χ0v) is 14.8. The Morgan fingerprint density at radius 2 is 1.83 bits per heavy atom. The van der Waals surface area contributed by atoms with E-state index in [2.05, 4.69) is 19.9 Å². The van der Waals surface area contributed by atoms with Gasteiger partial charge in [0.1, 0.15) is 0 Å². The van der Waals surface area contributed by atoms with E-state index in [4.69, 9.17) is 4.74 Å². The molecule has 1 spiro atoms. The van der Waals surface area contributed by atoms with Gasteiger partial charge in [-0.3, -0.25) is 0 Å². The zero-order valence-electron chi connectivity index (χ0n) is 14.8. The largest absolute Gasteiger partial charge is 0.393 e. The first-order chi connectivity index (χ1) is 11.0. The fraction of sp³-hybridized carbons (Fsp3) is 0.905. The summed E-state index contributed by atoms with van der Waals surface area (Å²) in [6.45, 7) is 6.08. The van der Waals surface area contributed by atoms with Crippen molar-refractivity contribution in [3.05, 3.63) is 11.6 Å². The van der Waals surface area contributed by atoms with Crippen molar-refractivity contribution in [2.24, 2.45) is 28.6 Å². The third kappa shape index (κ3) is 1.73. The average molecular weight is 316 g/mol. The van der Waals surface area contributed by atoms with Crippen LogP contribution in [0.4, 0.5) is 0 Å². The molecule has 0 aromatic heterocycles. The predicted octanol–water partition coefficient (Wildman–Crippen LogP) is 4.47. The first-order valence-electron chi connectivity index (χ1n) is 10.0. The highest BCUT2D eigenvalue weighted by Crippen LogP contribution is 2.69. The standard InChI is InChI=1S/C21H32O2/c1-19-8-5-15(22)13-14(19)3-4-16-17(19)6-9-20(2)18(16)7-10-21(20)11-12-23-21/h3,15-18,22H,4-13H2,1-2H3/t15-,16+,17-,18+,19-,20-,21+/m0/s1. The predicted molar refractivity (Wildman–Crippen MR) is 91.0 cm³/mol. The van der Waals surface area contributed by atoms with Gasteiger partial charge in [-0.15, -0.1) is 0 Å². The molecule has 0 unspecified atom stereocenters. The molecule has 0 aromatic carbocycles. The van der Waals surface area contributed by atoms with E-state index in [9.17, 15) is 5.11 Å². The van der Waals surface area contributed by atoms with Crippen LogP contribution in [0.15, 0.2) is 11.6 Å². The van der Waals surface area contributed by atoms with Crippen LogP contribution in [-0.2, 0) is 4.74 Å². The lowest BCUT2D eigenvalue weighted by Crippen LogP contribution is -2.59. The van der Waals surface area contributed by atoms with E-state index in [1.165, 1.54) is 44.9 Å².